The maximum Gasteiger partial charge on any atom is 0.195 e. The van der Waals surface area contributed by atoms with Crippen molar-refractivity contribution in [3.8, 4) is 11.3 Å². The van der Waals surface area contributed by atoms with Crippen LogP contribution in [0.25, 0.3) is 11.3 Å². The van der Waals surface area contributed by atoms with Gasteiger partial charge in [-0.15, -0.1) is 0 Å². The van der Waals surface area contributed by atoms with Gasteiger partial charge in [0.05, 0.1) is 25.9 Å². The van der Waals surface area contributed by atoms with Crippen LogP contribution in [0.1, 0.15) is 17.6 Å². The predicted octanol–water partition coefficient (Wildman–Crippen LogP) is 1.63. The number of furan rings is 2. The average Bonchev–Trinajstić information content (AvgIpc) is 3.23. The van der Waals surface area contributed by atoms with Crippen molar-refractivity contribution >= 4 is 0 Å². The Morgan fingerprint density at radius 1 is 1.08 bits per heavy atom. The SMILES string of the molecule is C[NH+](C)[C@H](C[NH2+]Cc1ccc(-c2ccccc2F)o1)c1ccco1. The van der Waals surface area contributed by atoms with Gasteiger partial charge >= 0.3 is 0 Å². The van der Waals surface area contributed by atoms with Gasteiger partial charge in [-0.25, -0.2) is 4.39 Å². The molecular weight excluding hydrogens is 307 g/mol. The van der Waals surface area contributed by atoms with Crippen LogP contribution in [0, 0.1) is 5.82 Å². The van der Waals surface area contributed by atoms with E-state index in [0.29, 0.717) is 17.9 Å². The molecule has 0 amide bonds. The van der Waals surface area contributed by atoms with E-state index in [0.717, 1.165) is 18.1 Å². The molecule has 3 N–H and O–H groups in total. The number of hydrogen-bond donors (Lipinski definition) is 2. The van der Waals surface area contributed by atoms with Gasteiger partial charge in [0.2, 0.25) is 0 Å². The molecule has 0 aliphatic rings. The van der Waals surface area contributed by atoms with Gasteiger partial charge in [0, 0.05) is 0 Å². The summed E-state index contributed by atoms with van der Waals surface area (Å²) >= 11 is 0. The highest BCUT2D eigenvalue weighted by molar-refractivity contribution is 5.58. The summed E-state index contributed by atoms with van der Waals surface area (Å²) in [5.74, 6) is 2.12. The molecule has 0 bridgehead atoms. The van der Waals surface area contributed by atoms with Crippen molar-refractivity contribution in [1.82, 2.24) is 0 Å². The second-order valence-electron chi connectivity index (χ2n) is 6.12. The van der Waals surface area contributed by atoms with Gasteiger partial charge in [-0.05, 0) is 36.4 Å². The number of rotatable bonds is 7. The minimum Gasteiger partial charge on any atom is -0.463 e. The Bertz CT molecular complexity index is 765. The smallest absolute Gasteiger partial charge is 0.195 e. The van der Waals surface area contributed by atoms with E-state index < -0.39 is 0 Å². The van der Waals surface area contributed by atoms with Crippen LogP contribution in [0.2, 0.25) is 0 Å². The van der Waals surface area contributed by atoms with Gasteiger partial charge < -0.3 is 19.1 Å². The lowest BCUT2D eigenvalue weighted by molar-refractivity contribution is -0.911. The van der Waals surface area contributed by atoms with E-state index in [1.807, 2.05) is 24.3 Å². The molecule has 5 heteroatoms. The summed E-state index contributed by atoms with van der Waals surface area (Å²) in [5, 5.41) is 2.18. The second kappa shape index (κ2) is 7.47. The standard InChI is InChI=1S/C19H21FN2O2/c1-22(2)17(19-8-5-11-23-19)13-21-12-14-9-10-18(24-14)15-6-3-4-7-16(15)20/h3-11,17,21H,12-13H2,1-2H3/p+2/t17-/m1/s1. The van der Waals surface area contributed by atoms with Crippen molar-refractivity contribution in [2.45, 2.75) is 12.6 Å². The molecule has 0 saturated heterocycles. The van der Waals surface area contributed by atoms with Crippen molar-refractivity contribution in [1.29, 1.82) is 0 Å². The van der Waals surface area contributed by atoms with Crippen molar-refractivity contribution in [2.24, 2.45) is 0 Å². The number of quaternary nitrogens is 2. The summed E-state index contributed by atoms with van der Waals surface area (Å²) in [6.45, 7) is 1.59. The highest BCUT2D eigenvalue weighted by Crippen LogP contribution is 2.24. The number of nitrogens with two attached hydrogens (primary N) is 1. The summed E-state index contributed by atoms with van der Waals surface area (Å²) in [4.78, 5) is 1.31. The lowest BCUT2D eigenvalue weighted by Gasteiger charge is -2.17. The van der Waals surface area contributed by atoms with Gasteiger partial charge in [-0.1, -0.05) is 12.1 Å². The minimum absolute atomic E-state index is 0.267. The lowest BCUT2D eigenvalue weighted by Crippen LogP contribution is -3.09. The van der Waals surface area contributed by atoms with Crippen LogP contribution >= 0.6 is 0 Å². The van der Waals surface area contributed by atoms with E-state index in [1.54, 1.807) is 24.5 Å². The number of benzene rings is 1. The van der Waals surface area contributed by atoms with Gasteiger partial charge in [0.25, 0.3) is 0 Å². The molecule has 0 saturated carbocycles. The first-order valence-electron chi connectivity index (χ1n) is 8.14. The van der Waals surface area contributed by atoms with E-state index in [9.17, 15) is 4.39 Å². The Labute approximate surface area is 140 Å². The zero-order chi connectivity index (χ0) is 16.9. The molecule has 0 spiro atoms. The Hall–Kier alpha value is -2.37. The molecule has 0 aliphatic carbocycles. The number of hydrogen-bond acceptors (Lipinski definition) is 2. The monoisotopic (exact) mass is 330 g/mol. The van der Waals surface area contributed by atoms with Crippen molar-refractivity contribution in [3.63, 3.8) is 0 Å². The Morgan fingerprint density at radius 3 is 2.62 bits per heavy atom. The first-order chi connectivity index (χ1) is 11.6. The predicted molar refractivity (Wildman–Crippen MR) is 88.9 cm³/mol. The first kappa shape index (κ1) is 16.5. The zero-order valence-corrected chi connectivity index (χ0v) is 14.0. The molecule has 126 valence electrons. The topological polar surface area (TPSA) is 47.3 Å². The summed E-state index contributed by atoms with van der Waals surface area (Å²) in [5.41, 5.74) is 0.495. The van der Waals surface area contributed by atoms with Crippen LogP contribution in [-0.4, -0.2) is 20.6 Å². The number of nitrogens with one attached hydrogen (secondary N) is 1. The van der Waals surface area contributed by atoms with E-state index in [-0.39, 0.29) is 11.9 Å². The minimum atomic E-state index is -0.267. The van der Waals surface area contributed by atoms with E-state index in [1.165, 1.54) is 11.0 Å². The summed E-state index contributed by atoms with van der Waals surface area (Å²) < 4.78 is 25.1. The highest BCUT2D eigenvalue weighted by Gasteiger charge is 2.22. The largest absolute Gasteiger partial charge is 0.463 e. The third-order valence-corrected chi connectivity index (χ3v) is 4.13. The third kappa shape index (κ3) is 3.75. The Balaban J connectivity index is 1.60. The fourth-order valence-corrected chi connectivity index (χ4v) is 2.81. The van der Waals surface area contributed by atoms with Crippen LogP contribution < -0.4 is 10.2 Å². The van der Waals surface area contributed by atoms with Crippen molar-refractivity contribution < 1.29 is 23.4 Å². The molecule has 1 aromatic carbocycles. The molecule has 0 aliphatic heterocycles. The third-order valence-electron chi connectivity index (χ3n) is 4.13. The molecule has 1 atom stereocenters. The summed E-state index contributed by atoms with van der Waals surface area (Å²) in [6.07, 6.45) is 1.71. The quantitative estimate of drug-likeness (QED) is 0.692. The van der Waals surface area contributed by atoms with Gasteiger partial charge in [0.1, 0.15) is 24.7 Å². The van der Waals surface area contributed by atoms with Gasteiger partial charge in [-0.3, -0.25) is 0 Å². The van der Waals surface area contributed by atoms with Crippen molar-refractivity contribution in [2.75, 3.05) is 20.6 Å². The average molecular weight is 330 g/mol. The highest BCUT2D eigenvalue weighted by atomic mass is 19.1. The summed E-state index contributed by atoms with van der Waals surface area (Å²) in [7, 11) is 4.23. The number of halogens is 1. The molecular formula is C19H23FN2O2+2. The second-order valence-corrected chi connectivity index (χ2v) is 6.12. The van der Waals surface area contributed by atoms with Gasteiger partial charge in [-0.2, -0.15) is 0 Å². The molecule has 3 rings (SSSR count). The van der Waals surface area contributed by atoms with E-state index >= 15 is 0 Å². The van der Waals surface area contributed by atoms with Crippen LogP contribution in [0.5, 0.6) is 0 Å². The maximum atomic E-state index is 13.8. The fourth-order valence-electron chi connectivity index (χ4n) is 2.81. The Kier molecular flexibility index (Phi) is 5.13. The molecule has 0 radical (unpaired) electrons. The molecule has 0 fully saturated rings. The van der Waals surface area contributed by atoms with E-state index in [4.69, 9.17) is 8.83 Å². The molecule has 2 heterocycles. The molecule has 4 nitrogen and oxygen atoms in total. The van der Waals surface area contributed by atoms with Crippen LogP contribution in [0.15, 0.2) is 63.6 Å². The number of likely N-dealkylation sites (N-methyl/N-ethyl adjacent to an activating group) is 1. The molecule has 3 aromatic rings. The van der Waals surface area contributed by atoms with Gasteiger partial charge in [0.15, 0.2) is 17.6 Å². The van der Waals surface area contributed by atoms with Crippen LogP contribution in [-0.2, 0) is 6.54 Å². The zero-order valence-electron chi connectivity index (χ0n) is 14.0. The fraction of sp³-hybridized carbons (Fsp3) is 0.263. The van der Waals surface area contributed by atoms with Crippen LogP contribution in [0.3, 0.4) is 0 Å². The normalized spacial score (nSPS) is 12.7. The first-order valence-corrected chi connectivity index (χ1v) is 8.14. The Morgan fingerprint density at radius 2 is 1.92 bits per heavy atom. The van der Waals surface area contributed by atoms with Crippen molar-refractivity contribution in [3.05, 3.63) is 72.1 Å². The molecule has 24 heavy (non-hydrogen) atoms. The molecule has 0 unspecified atom stereocenters. The van der Waals surface area contributed by atoms with Crippen LogP contribution in [0.4, 0.5) is 4.39 Å². The molecule has 2 aromatic heterocycles. The lowest BCUT2D eigenvalue weighted by atomic mass is 10.1. The summed E-state index contributed by atoms with van der Waals surface area (Å²) in [6, 6.07) is 14.6. The van der Waals surface area contributed by atoms with E-state index in [2.05, 4.69) is 19.4 Å². The maximum absolute atomic E-state index is 13.8.